The largest absolute Gasteiger partial charge is 0.330 e. The predicted octanol–water partition coefficient (Wildman–Crippen LogP) is 5.00. The Morgan fingerprint density at radius 1 is 1.04 bits per heavy atom. The predicted molar refractivity (Wildman–Crippen MR) is 112 cm³/mol. The van der Waals surface area contributed by atoms with Gasteiger partial charge in [-0.15, -0.1) is 0 Å². The van der Waals surface area contributed by atoms with E-state index in [1.165, 1.54) is 0 Å². The molecule has 3 aromatic rings. The Balaban J connectivity index is 1.81. The summed E-state index contributed by atoms with van der Waals surface area (Å²) in [5.41, 5.74) is 3.40. The van der Waals surface area contributed by atoms with E-state index in [9.17, 15) is 0 Å². The fourth-order valence-corrected chi connectivity index (χ4v) is 3.41. The first-order valence-corrected chi connectivity index (χ1v) is 9.13. The van der Waals surface area contributed by atoms with Crippen molar-refractivity contribution in [1.29, 1.82) is 0 Å². The molecule has 2 aromatic carbocycles. The lowest BCUT2D eigenvalue weighted by Crippen LogP contribution is -2.37. The molecule has 0 bridgehead atoms. The van der Waals surface area contributed by atoms with E-state index in [2.05, 4.69) is 40.5 Å². The number of hydrogen-bond donors (Lipinski definition) is 2. The zero-order valence-corrected chi connectivity index (χ0v) is 16.2. The highest BCUT2D eigenvalue weighted by Crippen LogP contribution is 2.29. The molecular weight excluding hydrogens is 358 g/mol. The summed E-state index contributed by atoms with van der Waals surface area (Å²) in [6.45, 7) is 6.12. The molecule has 0 radical (unpaired) electrons. The van der Waals surface area contributed by atoms with Crippen LogP contribution in [0.15, 0.2) is 65.3 Å². The van der Waals surface area contributed by atoms with E-state index in [0.717, 1.165) is 27.9 Å². The summed E-state index contributed by atoms with van der Waals surface area (Å²) in [6, 6.07) is 15.7. The van der Waals surface area contributed by atoms with Crippen molar-refractivity contribution in [1.82, 2.24) is 15.3 Å². The summed E-state index contributed by atoms with van der Waals surface area (Å²) in [7, 11) is 0. The highest BCUT2D eigenvalue weighted by Gasteiger charge is 2.20. The molecule has 5 nitrogen and oxygen atoms in total. The average Bonchev–Trinajstić information content (AvgIpc) is 2.60. The summed E-state index contributed by atoms with van der Waals surface area (Å²) in [5.74, 6) is 1.12. The lowest BCUT2D eigenvalue weighted by atomic mass is 10.0. The van der Waals surface area contributed by atoms with Gasteiger partial charge in [-0.2, -0.15) is 0 Å². The molecule has 1 aromatic heterocycles. The third-order valence-electron chi connectivity index (χ3n) is 4.22. The van der Waals surface area contributed by atoms with Crippen molar-refractivity contribution in [3.8, 4) is 11.3 Å². The van der Waals surface area contributed by atoms with E-state index in [1.807, 2.05) is 55.5 Å². The van der Waals surface area contributed by atoms with Gasteiger partial charge in [-0.3, -0.25) is 5.32 Å². The maximum atomic E-state index is 6.21. The number of rotatable bonds is 2. The number of aromatic nitrogens is 2. The molecule has 0 saturated heterocycles. The van der Waals surface area contributed by atoms with Crippen LogP contribution < -0.4 is 10.6 Å². The normalized spacial score (nSPS) is 15.7. The number of anilines is 1. The van der Waals surface area contributed by atoms with Crippen molar-refractivity contribution >= 4 is 34.4 Å². The van der Waals surface area contributed by atoms with Crippen molar-refractivity contribution in [3.05, 3.63) is 65.3 Å². The van der Waals surface area contributed by atoms with Gasteiger partial charge in [-0.25, -0.2) is 15.0 Å². The van der Waals surface area contributed by atoms with Gasteiger partial charge in [-0.05, 0) is 45.0 Å². The maximum Gasteiger partial charge on any atom is 0.230 e. The van der Waals surface area contributed by atoms with E-state index >= 15 is 0 Å². The molecule has 2 N–H and O–H groups in total. The van der Waals surface area contributed by atoms with Crippen LogP contribution in [0.25, 0.3) is 22.2 Å². The van der Waals surface area contributed by atoms with Gasteiger partial charge in [0.25, 0.3) is 0 Å². The van der Waals surface area contributed by atoms with Crippen LogP contribution in [0.4, 0.5) is 5.95 Å². The molecular formula is C21H20ClN5. The minimum Gasteiger partial charge on any atom is -0.330 e. The van der Waals surface area contributed by atoms with Gasteiger partial charge in [0, 0.05) is 21.7 Å². The maximum absolute atomic E-state index is 6.21. The van der Waals surface area contributed by atoms with Crippen LogP contribution in [0.1, 0.15) is 20.8 Å². The third kappa shape index (κ3) is 3.78. The van der Waals surface area contributed by atoms with Gasteiger partial charge >= 0.3 is 0 Å². The third-order valence-corrected chi connectivity index (χ3v) is 4.46. The highest BCUT2D eigenvalue weighted by molar-refractivity contribution is 6.31. The van der Waals surface area contributed by atoms with E-state index in [4.69, 9.17) is 16.6 Å². The van der Waals surface area contributed by atoms with Gasteiger partial charge in [-0.1, -0.05) is 41.9 Å². The Labute approximate surface area is 163 Å². The quantitative estimate of drug-likeness (QED) is 0.659. The van der Waals surface area contributed by atoms with Crippen LogP contribution in [-0.4, -0.2) is 21.5 Å². The first-order valence-electron chi connectivity index (χ1n) is 8.76. The Kier molecular flexibility index (Phi) is 4.32. The van der Waals surface area contributed by atoms with Gasteiger partial charge in [0.2, 0.25) is 11.9 Å². The Bertz CT molecular complexity index is 1070. The van der Waals surface area contributed by atoms with Crippen LogP contribution in [-0.2, 0) is 0 Å². The van der Waals surface area contributed by atoms with Crippen molar-refractivity contribution in [3.63, 3.8) is 0 Å². The summed E-state index contributed by atoms with van der Waals surface area (Å²) < 4.78 is 0. The number of fused-ring (bicyclic) bond motifs is 1. The number of guanidine groups is 1. The zero-order valence-electron chi connectivity index (χ0n) is 15.4. The molecule has 0 atom stereocenters. The molecule has 2 heterocycles. The summed E-state index contributed by atoms with van der Waals surface area (Å²) in [5, 5.41) is 8.03. The first kappa shape index (κ1) is 17.5. The van der Waals surface area contributed by atoms with Crippen LogP contribution in [0.3, 0.4) is 0 Å². The molecule has 6 heteroatoms. The lowest BCUT2D eigenvalue weighted by Gasteiger charge is -2.25. The average molecular weight is 378 g/mol. The van der Waals surface area contributed by atoms with Gasteiger partial charge in [0.1, 0.15) is 0 Å². The van der Waals surface area contributed by atoms with E-state index < -0.39 is 0 Å². The Morgan fingerprint density at radius 3 is 2.56 bits per heavy atom. The van der Waals surface area contributed by atoms with Crippen LogP contribution in [0.2, 0.25) is 5.02 Å². The van der Waals surface area contributed by atoms with Crippen molar-refractivity contribution in [2.45, 2.75) is 26.3 Å². The molecule has 4 rings (SSSR count). The molecule has 0 fully saturated rings. The van der Waals surface area contributed by atoms with Crippen LogP contribution >= 0.6 is 11.6 Å². The molecule has 1 aliphatic rings. The lowest BCUT2D eigenvalue weighted by molar-refractivity contribution is 0.631. The van der Waals surface area contributed by atoms with E-state index in [1.54, 1.807) is 0 Å². The number of hydrogen-bond acceptors (Lipinski definition) is 5. The molecule has 0 unspecified atom stereocenters. The van der Waals surface area contributed by atoms with Crippen molar-refractivity contribution < 1.29 is 0 Å². The fourth-order valence-electron chi connectivity index (χ4n) is 3.24. The SMILES string of the molecule is CC1=CC(C)(C)N=C(Nc2nc(-c3ccccc3)c3cc(Cl)ccc3n2)N1. The second-order valence-corrected chi connectivity index (χ2v) is 7.55. The smallest absolute Gasteiger partial charge is 0.230 e. The van der Waals surface area contributed by atoms with Gasteiger partial charge < -0.3 is 5.32 Å². The monoisotopic (exact) mass is 377 g/mol. The fraction of sp³-hybridized carbons (Fsp3) is 0.190. The number of benzene rings is 2. The number of halogens is 1. The molecule has 0 saturated carbocycles. The standard InChI is InChI=1S/C21H20ClN5/c1-13-12-21(2,3)27-20(23-13)26-19-24-17-10-9-15(22)11-16(17)18(25-19)14-7-5-4-6-8-14/h4-12H,1-3H3,(H2,23,24,25,26,27). The minimum absolute atomic E-state index is 0.287. The summed E-state index contributed by atoms with van der Waals surface area (Å²) in [4.78, 5) is 14.1. The Hall–Kier alpha value is -2.92. The molecule has 136 valence electrons. The van der Waals surface area contributed by atoms with Crippen molar-refractivity contribution in [2.24, 2.45) is 4.99 Å². The molecule has 0 aliphatic carbocycles. The highest BCUT2D eigenvalue weighted by atomic mass is 35.5. The van der Waals surface area contributed by atoms with E-state index in [-0.39, 0.29) is 5.54 Å². The zero-order chi connectivity index (χ0) is 19.0. The number of nitrogens with one attached hydrogen (secondary N) is 2. The second kappa shape index (κ2) is 6.67. The number of aliphatic imine (C=N–C) groups is 1. The molecule has 27 heavy (non-hydrogen) atoms. The van der Waals surface area contributed by atoms with Crippen LogP contribution in [0, 0.1) is 0 Å². The van der Waals surface area contributed by atoms with Gasteiger partial charge in [0.15, 0.2) is 0 Å². The van der Waals surface area contributed by atoms with Crippen molar-refractivity contribution in [2.75, 3.05) is 5.32 Å². The molecule has 0 amide bonds. The van der Waals surface area contributed by atoms with Gasteiger partial charge in [0.05, 0.1) is 16.7 Å². The first-order chi connectivity index (χ1) is 12.9. The topological polar surface area (TPSA) is 62.2 Å². The number of allylic oxidation sites excluding steroid dienone is 1. The molecule has 0 spiro atoms. The Morgan fingerprint density at radius 2 is 1.81 bits per heavy atom. The second-order valence-electron chi connectivity index (χ2n) is 7.11. The summed E-state index contributed by atoms with van der Waals surface area (Å²) in [6.07, 6.45) is 2.08. The van der Waals surface area contributed by atoms with E-state index in [0.29, 0.717) is 16.9 Å². The van der Waals surface area contributed by atoms with Crippen LogP contribution in [0.5, 0.6) is 0 Å². The number of nitrogens with zero attached hydrogens (tertiary/aromatic N) is 3. The summed E-state index contributed by atoms with van der Waals surface area (Å²) >= 11 is 6.21. The minimum atomic E-state index is -0.287. The molecule has 1 aliphatic heterocycles.